The maximum Gasteiger partial charge on any atom is 0.330 e. The number of rotatable bonds is 5. The third-order valence-corrected chi connectivity index (χ3v) is 2.78. The highest BCUT2D eigenvalue weighted by atomic mass is 19.3. The molecule has 0 saturated carbocycles. The number of nitrogens with zero attached hydrogens (tertiary/aromatic N) is 1. The van der Waals surface area contributed by atoms with Gasteiger partial charge in [0.1, 0.15) is 5.82 Å². The summed E-state index contributed by atoms with van der Waals surface area (Å²) in [7, 11) is 0. The zero-order valence-corrected chi connectivity index (χ0v) is 11.4. The van der Waals surface area contributed by atoms with Gasteiger partial charge in [0.05, 0.1) is 6.54 Å². The number of halogens is 2. The molecule has 21 heavy (non-hydrogen) atoms. The summed E-state index contributed by atoms with van der Waals surface area (Å²) in [6.45, 7) is 0.116. The zero-order valence-electron chi connectivity index (χ0n) is 11.4. The first kappa shape index (κ1) is 15.0. The highest BCUT2D eigenvalue weighted by Gasteiger charge is 2.23. The van der Waals surface area contributed by atoms with Crippen LogP contribution < -0.4 is 16.6 Å². The number of anilines is 1. The van der Waals surface area contributed by atoms with Gasteiger partial charge in [0.25, 0.3) is 11.5 Å². The Balaban J connectivity index is 2.17. The Bertz CT molecular complexity index is 686. The van der Waals surface area contributed by atoms with Crippen molar-refractivity contribution in [2.45, 2.75) is 25.9 Å². The first-order valence-corrected chi connectivity index (χ1v) is 6.35. The minimum Gasteiger partial charge on any atom is -0.367 e. The molecule has 0 saturated heterocycles. The van der Waals surface area contributed by atoms with Gasteiger partial charge in [-0.15, -0.1) is 0 Å². The summed E-state index contributed by atoms with van der Waals surface area (Å²) in [5, 5.41) is 2.88. The first-order valence-electron chi connectivity index (χ1n) is 6.35. The van der Waals surface area contributed by atoms with Crippen molar-refractivity contribution >= 4 is 5.82 Å². The Morgan fingerprint density at radius 1 is 1.24 bits per heavy atom. The van der Waals surface area contributed by atoms with E-state index in [2.05, 4.69) is 10.3 Å². The maximum absolute atomic E-state index is 12.9. The molecule has 1 heterocycles. The molecule has 2 N–H and O–H groups in total. The van der Waals surface area contributed by atoms with Crippen LogP contribution in [0.2, 0.25) is 0 Å². The third kappa shape index (κ3) is 4.27. The lowest BCUT2D eigenvalue weighted by atomic mass is 10.2. The van der Waals surface area contributed by atoms with Crippen LogP contribution in [0.15, 0.2) is 46.0 Å². The fraction of sp³-hybridized carbons (Fsp3) is 0.286. The van der Waals surface area contributed by atoms with Gasteiger partial charge >= 0.3 is 5.69 Å². The van der Waals surface area contributed by atoms with Crippen molar-refractivity contribution in [2.75, 3.05) is 5.32 Å². The Labute approximate surface area is 119 Å². The molecule has 2 rings (SSSR count). The molecule has 0 aliphatic rings. The Morgan fingerprint density at radius 3 is 2.48 bits per heavy atom. The summed E-state index contributed by atoms with van der Waals surface area (Å²) in [5.74, 6) is -2.93. The van der Waals surface area contributed by atoms with Crippen LogP contribution in [0.5, 0.6) is 0 Å². The average Bonchev–Trinajstić information content (AvgIpc) is 2.41. The largest absolute Gasteiger partial charge is 0.367 e. The molecule has 112 valence electrons. The summed E-state index contributed by atoms with van der Waals surface area (Å²) in [5.41, 5.74) is -0.668. The molecular formula is C14H15F2N3O2. The fourth-order valence-electron chi connectivity index (χ4n) is 1.84. The maximum atomic E-state index is 12.9. The molecule has 0 spiro atoms. The van der Waals surface area contributed by atoms with Crippen LogP contribution in [0.4, 0.5) is 14.6 Å². The van der Waals surface area contributed by atoms with E-state index in [0.29, 0.717) is 18.0 Å². The van der Waals surface area contributed by atoms with Gasteiger partial charge in [0.2, 0.25) is 0 Å². The summed E-state index contributed by atoms with van der Waals surface area (Å²) in [4.78, 5) is 25.8. The van der Waals surface area contributed by atoms with E-state index in [-0.39, 0.29) is 5.82 Å². The van der Waals surface area contributed by atoms with Crippen molar-refractivity contribution in [3.63, 3.8) is 0 Å². The van der Waals surface area contributed by atoms with Crippen LogP contribution in [-0.4, -0.2) is 15.5 Å². The van der Waals surface area contributed by atoms with Crippen LogP contribution in [0.25, 0.3) is 0 Å². The molecular weight excluding hydrogens is 280 g/mol. The topological polar surface area (TPSA) is 66.9 Å². The average molecular weight is 295 g/mol. The number of hydrogen-bond acceptors (Lipinski definition) is 3. The van der Waals surface area contributed by atoms with E-state index < -0.39 is 23.7 Å². The predicted octanol–water partition coefficient (Wildman–Crippen LogP) is 1.80. The Morgan fingerprint density at radius 2 is 1.90 bits per heavy atom. The van der Waals surface area contributed by atoms with Gasteiger partial charge in [-0.2, -0.15) is 0 Å². The third-order valence-electron chi connectivity index (χ3n) is 2.78. The number of aromatic nitrogens is 2. The van der Waals surface area contributed by atoms with E-state index in [4.69, 9.17) is 0 Å². The molecule has 0 bridgehead atoms. The second kappa shape index (κ2) is 5.90. The zero-order chi connectivity index (χ0) is 15.5. The highest BCUT2D eigenvalue weighted by Crippen LogP contribution is 2.12. The molecule has 7 heteroatoms. The van der Waals surface area contributed by atoms with Crippen molar-refractivity contribution in [3.05, 3.63) is 62.8 Å². The monoisotopic (exact) mass is 295 g/mol. The highest BCUT2D eigenvalue weighted by molar-refractivity contribution is 5.33. The van der Waals surface area contributed by atoms with Crippen molar-refractivity contribution < 1.29 is 8.78 Å². The van der Waals surface area contributed by atoms with Gasteiger partial charge in [0, 0.05) is 19.5 Å². The smallest absolute Gasteiger partial charge is 0.330 e. The minimum absolute atomic E-state index is 0.199. The molecule has 0 atom stereocenters. The second-order valence-electron chi connectivity index (χ2n) is 4.82. The van der Waals surface area contributed by atoms with Crippen LogP contribution in [-0.2, 0) is 13.1 Å². The van der Waals surface area contributed by atoms with Gasteiger partial charge < -0.3 is 5.32 Å². The quantitative estimate of drug-likeness (QED) is 0.884. The molecule has 1 aromatic carbocycles. The second-order valence-corrected chi connectivity index (χ2v) is 4.82. The molecule has 1 aromatic heterocycles. The van der Waals surface area contributed by atoms with Crippen LogP contribution >= 0.6 is 0 Å². The standard InChI is InChI=1S/C14H15F2N3O2/c1-14(15,16)9-19-12(20)7-11(18-13(19)21)17-8-10-5-3-2-4-6-10/h2-7,17H,8-9H2,1H3,(H,18,21). The molecule has 0 radical (unpaired) electrons. The Hall–Kier alpha value is -2.44. The summed E-state index contributed by atoms with van der Waals surface area (Å²) in [6, 6.07) is 10.4. The lowest BCUT2D eigenvalue weighted by Gasteiger charge is -2.12. The van der Waals surface area contributed by atoms with Crippen molar-refractivity contribution in [2.24, 2.45) is 0 Å². The number of hydrogen-bond donors (Lipinski definition) is 2. The van der Waals surface area contributed by atoms with E-state index in [0.717, 1.165) is 11.6 Å². The van der Waals surface area contributed by atoms with E-state index >= 15 is 0 Å². The fourth-order valence-corrected chi connectivity index (χ4v) is 1.84. The van der Waals surface area contributed by atoms with E-state index in [1.54, 1.807) is 0 Å². The molecule has 0 unspecified atom stereocenters. The van der Waals surface area contributed by atoms with Crippen LogP contribution in [0, 0.1) is 0 Å². The van der Waals surface area contributed by atoms with Crippen LogP contribution in [0.1, 0.15) is 12.5 Å². The van der Waals surface area contributed by atoms with Gasteiger partial charge in [-0.25, -0.2) is 13.6 Å². The van der Waals surface area contributed by atoms with Crippen molar-refractivity contribution in [3.8, 4) is 0 Å². The molecule has 0 aliphatic heterocycles. The number of nitrogens with one attached hydrogen (secondary N) is 2. The van der Waals surface area contributed by atoms with Crippen LogP contribution in [0.3, 0.4) is 0 Å². The predicted molar refractivity (Wildman–Crippen MR) is 75.7 cm³/mol. The number of aromatic amines is 1. The summed E-state index contributed by atoms with van der Waals surface area (Å²) >= 11 is 0. The lowest BCUT2D eigenvalue weighted by Crippen LogP contribution is -2.39. The number of H-pyrrole nitrogens is 1. The lowest BCUT2D eigenvalue weighted by molar-refractivity contribution is 0.00175. The SMILES string of the molecule is CC(F)(F)Cn1c(=O)cc(NCc2ccccc2)[nH]c1=O. The normalized spacial score (nSPS) is 11.4. The van der Waals surface area contributed by atoms with E-state index in [9.17, 15) is 18.4 Å². The number of benzene rings is 1. The molecule has 0 amide bonds. The first-order chi connectivity index (χ1) is 9.85. The van der Waals surface area contributed by atoms with Gasteiger partial charge in [0.15, 0.2) is 0 Å². The summed E-state index contributed by atoms with van der Waals surface area (Å²) < 4.78 is 26.3. The number of alkyl halides is 2. The van der Waals surface area contributed by atoms with E-state index in [1.165, 1.54) is 0 Å². The Kier molecular flexibility index (Phi) is 4.21. The van der Waals surface area contributed by atoms with Crippen molar-refractivity contribution in [1.29, 1.82) is 0 Å². The van der Waals surface area contributed by atoms with Gasteiger partial charge in [-0.05, 0) is 5.56 Å². The molecule has 0 fully saturated rings. The van der Waals surface area contributed by atoms with Crippen molar-refractivity contribution in [1.82, 2.24) is 9.55 Å². The van der Waals surface area contributed by atoms with Gasteiger partial charge in [-0.1, -0.05) is 30.3 Å². The van der Waals surface area contributed by atoms with Gasteiger partial charge in [-0.3, -0.25) is 14.3 Å². The molecule has 0 aliphatic carbocycles. The molecule has 2 aromatic rings. The minimum atomic E-state index is -3.13. The molecule has 5 nitrogen and oxygen atoms in total. The van der Waals surface area contributed by atoms with E-state index in [1.807, 2.05) is 30.3 Å². The summed E-state index contributed by atoms with van der Waals surface area (Å²) in [6.07, 6.45) is 0.